The topological polar surface area (TPSA) is 150 Å². The number of rotatable bonds is 15. The van der Waals surface area contributed by atoms with Crippen LogP contribution in [0.5, 0.6) is 11.5 Å². The molecule has 0 bridgehead atoms. The maximum atomic E-state index is 13.8. The van der Waals surface area contributed by atoms with Crippen LogP contribution in [-0.2, 0) is 14.8 Å². The number of sulfonamides is 1. The van der Waals surface area contributed by atoms with Crippen LogP contribution in [0.1, 0.15) is 22.5 Å². The average molecular weight is 684 g/mol. The minimum atomic E-state index is -4.01. The van der Waals surface area contributed by atoms with Gasteiger partial charge in [0.15, 0.2) is 0 Å². The number of ether oxygens (including phenoxy) is 2. The molecule has 0 fully saturated rings. The molecule has 4 rings (SSSR count). The van der Waals surface area contributed by atoms with E-state index in [9.17, 15) is 18.0 Å². The number of fused-ring (bicyclic) bond motifs is 1. The first-order chi connectivity index (χ1) is 22.5. The third-order valence-corrected chi connectivity index (χ3v) is 9.51. The number of carbonyl (C=O) groups is 2. The van der Waals surface area contributed by atoms with Crippen molar-refractivity contribution in [2.24, 2.45) is 0 Å². The van der Waals surface area contributed by atoms with Crippen molar-refractivity contribution in [3.8, 4) is 11.5 Å². The maximum Gasteiger partial charge on any atom is 0.253 e. The normalized spacial score (nSPS) is 11.4. The number of carbonyl (C=O) groups excluding carboxylic acids is 2. The zero-order valence-electron chi connectivity index (χ0n) is 26.6. The molecule has 0 saturated heterocycles. The van der Waals surface area contributed by atoms with E-state index in [-0.39, 0.29) is 55.8 Å². The summed E-state index contributed by atoms with van der Waals surface area (Å²) in [6.45, 7) is 2.02. The van der Waals surface area contributed by atoms with Gasteiger partial charge in [0.05, 0.1) is 36.9 Å². The number of aryl methyl sites for hydroxylation is 1. The number of benzene rings is 3. The lowest BCUT2D eigenvalue weighted by Gasteiger charge is -2.23. The number of anilines is 2. The van der Waals surface area contributed by atoms with Gasteiger partial charge in [-0.3, -0.25) is 14.6 Å². The minimum Gasteiger partial charge on any atom is -0.497 e. The Kier molecular flexibility index (Phi) is 12.0. The Morgan fingerprint density at radius 1 is 0.936 bits per heavy atom. The second-order valence-electron chi connectivity index (χ2n) is 10.6. The van der Waals surface area contributed by atoms with Gasteiger partial charge in [-0.1, -0.05) is 11.6 Å². The van der Waals surface area contributed by atoms with Crippen LogP contribution in [0, 0.1) is 6.92 Å². The Morgan fingerprint density at radius 2 is 1.68 bits per heavy atom. The van der Waals surface area contributed by atoms with Crippen LogP contribution in [0.15, 0.2) is 71.6 Å². The molecule has 4 aromatic rings. The van der Waals surface area contributed by atoms with Crippen LogP contribution < -0.4 is 20.1 Å². The molecule has 250 valence electrons. The average Bonchev–Trinajstić information content (AvgIpc) is 3.06. The summed E-state index contributed by atoms with van der Waals surface area (Å²) in [4.78, 5) is 31.7. The molecule has 12 nitrogen and oxygen atoms in total. The molecule has 0 atom stereocenters. The second kappa shape index (κ2) is 15.9. The Hall–Kier alpha value is -4.43. The molecule has 47 heavy (non-hydrogen) atoms. The van der Waals surface area contributed by atoms with Crippen molar-refractivity contribution in [1.29, 1.82) is 0 Å². The van der Waals surface area contributed by atoms with Crippen LogP contribution in [0.25, 0.3) is 10.9 Å². The van der Waals surface area contributed by atoms with Gasteiger partial charge < -0.3 is 30.1 Å². The van der Waals surface area contributed by atoms with E-state index in [0.29, 0.717) is 22.0 Å². The lowest BCUT2D eigenvalue weighted by atomic mass is 10.1. The molecule has 2 amide bonds. The number of nitrogens with zero attached hydrogens (tertiary/aromatic N) is 3. The van der Waals surface area contributed by atoms with Crippen LogP contribution in [0.4, 0.5) is 11.4 Å². The summed E-state index contributed by atoms with van der Waals surface area (Å²) in [6, 6.07) is 17.9. The molecule has 1 heterocycles. The monoisotopic (exact) mass is 683 g/mol. The van der Waals surface area contributed by atoms with Gasteiger partial charge >= 0.3 is 0 Å². The zero-order valence-corrected chi connectivity index (χ0v) is 28.2. The van der Waals surface area contributed by atoms with Gasteiger partial charge in [0.25, 0.3) is 5.91 Å². The van der Waals surface area contributed by atoms with Gasteiger partial charge in [-0.05, 0) is 73.7 Å². The number of methoxy groups -OCH3 is 2. The molecular formula is C33H38ClN5O7S. The summed E-state index contributed by atoms with van der Waals surface area (Å²) < 4.78 is 39.4. The fraction of sp³-hybridized carbons (Fsp3) is 0.303. The minimum absolute atomic E-state index is 0.0482. The van der Waals surface area contributed by atoms with Gasteiger partial charge in [0.2, 0.25) is 15.9 Å². The zero-order chi connectivity index (χ0) is 34.1. The molecule has 3 N–H and O–H groups in total. The van der Waals surface area contributed by atoms with Crippen molar-refractivity contribution in [1.82, 2.24) is 14.2 Å². The smallest absolute Gasteiger partial charge is 0.253 e. The van der Waals surface area contributed by atoms with Crippen molar-refractivity contribution in [2.75, 3.05) is 64.7 Å². The predicted octanol–water partition coefficient (Wildman–Crippen LogP) is 4.41. The number of amides is 2. The highest BCUT2D eigenvalue weighted by molar-refractivity contribution is 7.89. The summed E-state index contributed by atoms with van der Waals surface area (Å²) in [5.41, 5.74) is 2.93. The SMILES string of the molecule is COc1ccc(S(=O)(=O)N(CCNc2cc(C)nc3ccc(Cl)cc23)CCC(=O)Nc2ccc(C(=O)N(C)CCO)cc2OC)cc1. The van der Waals surface area contributed by atoms with Gasteiger partial charge in [-0.15, -0.1) is 0 Å². The first kappa shape index (κ1) is 35.4. The molecule has 0 aliphatic heterocycles. The first-order valence-corrected chi connectivity index (χ1v) is 16.6. The number of hydrogen-bond donors (Lipinski definition) is 3. The largest absolute Gasteiger partial charge is 0.497 e. The quantitative estimate of drug-likeness (QED) is 0.166. The number of aliphatic hydroxyl groups excluding tert-OH is 1. The van der Waals surface area contributed by atoms with E-state index in [1.807, 2.05) is 19.1 Å². The summed E-state index contributed by atoms with van der Waals surface area (Å²) in [5.74, 6) is -0.000344. The molecule has 0 saturated carbocycles. The summed E-state index contributed by atoms with van der Waals surface area (Å²) in [6.07, 6.45) is -0.161. The fourth-order valence-electron chi connectivity index (χ4n) is 4.88. The van der Waals surface area contributed by atoms with E-state index >= 15 is 0 Å². The highest BCUT2D eigenvalue weighted by Crippen LogP contribution is 2.28. The van der Waals surface area contributed by atoms with Crippen molar-refractivity contribution in [2.45, 2.75) is 18.2 Å². The molecule has 1 aromatic heterocycles. The summed E-state index contributed by atoms with van der Waals surface area (Å²) >= 11 is 6.23. The van der Waals surface area contributed by atoms with Crippen LogP contribution in [0.2, 0.25) is 5.02 Å². The van der Waals surface area contributed by atoms with E-state index < -0.39 is 15.9 Å². The van der Waals surface area contributed by atoms with Crippen molar-refractivity contribution < 1.29 is 32.6 Å². The summed E-state index contributed by atoms with van der Waals surface area (Å²) in [5, 5.41) is 16.6. The molecule has 0 unspecified atom stereocenters. The van der Waals surface area contributed by atoms with Crippen LogP contribution in [-0.4, -0.2) is 93.6 Å². The second-order valence-corrected chi connectivity index (χ2v) is 13.0. The van der Waals surface area contributed by atoms with Crippen molar-refractivity contribution >= 4 is 55.7 Å². The molecule has 0 radical (unpaired) electrons. The van der Waals surface area contributed by atoms with E-state index in [1.54, 1.807) is 37.4 Å². The first-order valence-electron chi connectivity index (χ1n) is 14.8. The summed E-state index contributed by atoms with van der Waals surface area (Å²) in [7, 11) is 0.465. The van der Waals surface area contributed by atoms with E-state index in [1.165, 1.54) is 47.7 Å². The number of nitrogens with one attached hydrogen (secondary N) is 2. The molecule has 0 aliphatic rings. The Balaban J connectivity index is 1.51. The van der Waals surface area contributed by atoms with E-state index in [4.69, 9.17) is 26.2 Å². The van der Waals surface area contributed by atoms with Gasteiger partial charge in [-0.25, -0.2) is 8.42 Å². The lowest BCUT2D eigenvalue weighted by molar-refractivity contribution is -0.116. The highest BCUT2D eigenvalue weighted by Gasteiger charge is 2.25. The van der Waals surface area contributed by atoms with Gasteiger partial charge in [0.1, 0.15) is 11.5 Å². The highest BCUT2D eigenvalue weighted by atomic mass is 35.5. The number of likely N-dealkylation sites (N-methyl/N-ethyl adjacent to an activating group) is 1. The van der Waals surface area contributed by atoms with Crippen molar-refractivity contribution in [3.63, 3.8) is 0 Å². The Labute approximate surface area is 279 Å². The molecule has 0 aliphatic carbocycles. The fourth-order valence-corrected chi connectivity index (χ4v) is 6.49. The van der Waals surface area contributed by atoms with Gasteiger partial charge in [0, 0.05) is 67.0 Å². The van der Waals surface area contributed by atoms with Crippen molar-refractivity contribution in [3.05, 3.63) is 83.0 Å². The number of aromatic nitrogens is 1. The van der Waals surface area contributed by atoms with Crippen LogP contribution >= 0.6 is 11.6 Å². The van der Waals surface area contributed by atoms with E-state index in [2.05, 4.69) is 15.6 Å². The standard InChI is InChI=1S/C33H38ClN5O7S/c1-22-19-30(27-21-24(34)6-12-28(27)36-22)35-14-16-39(47(43,44)26-9-7-25(45-3)8-10-26)15-13-32(41)37-29-11-5-23(20-31(29)46-4)33(42)38(2)17-18-40/h5-12,19-21,40H,13-18H2,1-4H3,(H,35,36)(H,37,41). The predicted molar refractivity (Wildman–Crippen MR) is 182 cm³/mol. The van der Waals surface area contributed by atoms with Crippen LogP contribution in [0.3, 0.4) is 0 Å². The Bertz CT molecular complexity index is 1840. The number of pyridine rings is 1. The third-order valence-electron chi connectivity index (χ3n) is 7.37. The van der Waals surface area contributed by atoms with Gasteiger partial charge in [-0.2, -0.15) is 4.31 Å². The van der Waals surface area contributed by atoms with E-state index in [0.717, 1.165) is 22.3 Å². The molecule has 14 heteroatoms. The molecule has 0 spiro atoms. The molecule has 3 aromatic carbocycles. The number of aliphatic hydroxyl groups is 1. The number of hydrogen-bond acceptors (Lipinski definition) is 9. The third kappa shape index (κ3) is 8.89. The number of halogens is 1. The maximum absolute atomic E-state index is 13.8. The Morgan fingerprint density at radius 3 is 2.36 bits per heavy atom. The lowest BCUT2D eigenvalue weighted by Crippen LogP contribution is -2.37. The molecular weight excluding hydrogens is 646 g/mol.